The summed E-state index contributed by atoms with van der Waals surface area (Å²) in [7, 11) is 1.79. The minimum absolute atomic E-state index is 0.0510. The molecule has 0 atom stereocenters. The smallest absolute Gasteiger partial charge is 0.218 e. The van der Waals surface area contributed by atoms with Gasteiger partial charge in [-0.1, -0.05) is 0 Å². The SMILES string of the molecule is Cn1nc(C2(CN)CC2)nc1N. The van der Waals surface area contributed by atoms with Gasteiger partial charge in [0.15, 0.2) is 5.82 Å². The Labute approximate surface area is 70.8 Å². The van der Waals surface area contributed by atoms with Crippen molar-refractivity contribution in [3.63, 3.8) is 0 Å². The van der Waals surface area contributed by atoms with Crippen LogP contribution in [0.4, 0.5) is 5.95 Å². The Hall–Kier alpha value is -1.10. The summed E-state index contributed by atoms with van der Waals surface area (Å²) in [6.07, 6.45) is 2.18. The van der Waals surface area contributed by atoms with Gasteiger partial charge in [0.25, 0.3) is 0 Å². The lowest BCUT2D eigenvalue weighted by Gasteiger charge is -2.04. The Morgan fingerprint density at radius 1 is 1.58 bits per heavy atom. The highest BCUT2D eigenvalue weighted by Crippen LogP contribution is 2.45. The minimum atomic E-state index is 0.0510. The molecule has 0 aliphatic heterocycles. The van der Waals surface area contributed by atoms with Gasteiger partial charge in [0, 0.05) is 19.0 Å². The number of aryl methyl sites for hydroxylation is 1. The predicted octanol–water partition coefficient (Wildman–Crippen LogP) is -0.612. The fraction of sp³-hybridized carbons (Fsp3) is 0.714. The van der Waals surface area contributed by atoms with Crippen LogP contribution in [0.3, 0.4) is 0 Å². The van der Waals surface area contributed by atoms with Crippen LogP contribution in [0.25, 0.3) is 0 Å². The van der Waals surface area contributed by atoms with Gasteiger partial charge in [-0.25, -0.2) is 4.68 Å². The zero-order chi connectivity index (χ0) is 8.77. The van der Waals surface area contributed by atoms with E-state index in [-0.39, 0.29) is 5.41 Å². The van der Waals surface area contributed by atoms with Crippen LogP contribution in [0, 0.1) is 0 Å². The van der Waals surface area contributed by atoms with E-state index in [0.29, 0.717) is 12.5 Å². The topological polar surface area (TPSA) is 82.8 Å². The maximum Gasteiger partial charge on any atom is 0.218 e. The molecule has 5 nitrogen and oxygen atoms in total. The molecule has 66 valence electrons. The van der Waals surface area contributed by atoms with E-state index in [1.54, 1.807) is 11.7 Å². The number of aromatic nitrogens is 3. The highest BCUT2D eigenvalue weighted by Gasteiger charge is 2.46. The molecule has 0 bridgehead atoms. The molecule has 0 aromatic carbocycles. The van der Waals surface area contributed by atoms with Crippen molar-refractivity contribution in [2.45, 2.75) is 18.3 Å². The molecule has 0 amide bonds. The van der Waals surface area contributed by atoms with E-state index < -0.39 is 0 Å². The van der Waals surface area contributed by atoms with Crippen LogP contribution in [-0.2, 0) is 12.5 Å². The first-order valence-corrected chi connectivity index (χ1v) is 4.05. The molecule has 1 aromatic rings. The molecule has 1 aliphatic rings. The van der Waals surface area contributed by atoms with E-state index in [9.17, 15) is 0 Å². The quantitative estimate of drug-likeness (QED) is 0.615. The third-order valence-electron chi connectivity index (χ3n) is 2.52. The van der Waals surface area contributed by atoms with Crippen LogP contribution in [0.2, 0.25) is 0 Å². The second-order valence-electron chi connectivity index (χ2n) is 3.40. The summed E-state index contributed by atoms with van der Waals surface area (Å²) < 4.78 is 1.59. The zero-order valence-corrected chi connectivity index (χ0v) is 7.12. The lowest BCUT2D eigenvalue weighted by molar-refractivity contribution is 0.631. The molecule has 2 rings (SSSR count). The summed E-state index contributed by atoms with van der Waals surface area (Å²) in [5.41, 5.74) is 11.2. The second-order valence-corrected chi connectivity index (χ2v) is 3.40. The normalized spacial score (nSPS) is 19.5. The highest BCUT2D eigenvalue weighted by atomic mass is 15.4. The van der Waals surface area contributed by atoms with Gasteiger partial charge in [0.1, 0.15) is 0 Å². The molecule has 1 heterocycles. The number of hydrogen-bond donors (Lipinski definition) is 2. The average molecular weight is 167 g/mol. The van der Waals surface area contributed by atoms with Gasteiger partial charge in [-0.2, -0.15) is 10.1 Å². The van der Waals surface area contributed by atoms with Crippen molar-refractivity contribution in [3.8, 4) is 0 Å². The maximum atomic E-state index is 5.63. The maximum absolute atomic E-state index is 5.63. The molecule has 5 heteroatoms. The fourth-order valence-electron chi connectivity index (χ4n) is 1.29. The van der Waals surface area contributed by atoms with Crippen molar-refractivity contribution in [3.05, 3.63) is 5.82 Å². The Kier molecular flexibility index (Phi) is 1.38. The van der Waals surface area contributed by atoms with E-state index in [0.717, 1.165) is 18.7 Å². The van der Waals surface area contributed by atoms with Crippen LogP contribution in [0.5, 0.6) is 0 Å². The van der Waals surface area contributed by atoms with Crippen LogP contribution in [0.15, 0.2) is 0 Å². The monoisotopic (exact) mass is 167 g/mol. The van der Waals surface area contributed by atoms with Crippen LogP contribution >= 0.6 is 0 Å². The van der Waals surface area contributed by atoms with Gasteiger partial charge in [0.2, 0.25) is 5.95 Å². The van der Waals surface area contributed by atoms with Crippen LogP contribution in [0.1, 0.15) is 18.7 Å². The van der Waals surface area contributed by atoms with Gasteiger partial charge in [-0.3, -0.25) is 0 Å². The van der Waals surface area contributed by atoms with E-state index in [1.165, 1.54) is 0 Å². The van der Waals surface area contributed by atoms with Crippen molar-refractivity contribution >= 4 is 5.95 Å². The predicted molar refractivity (Wildman–Crippen MR) is 45.4 cm³/mol. The number of nitrogens with two attached hydrogens (primary N) is 2. The van der Waals surface area contributed by atoms with Gasteiger partial charge in [-0.05, 0) is 12.8 Å². The summed E-state index contributed by atoms with van der Waals surface area (Å²) in [5.74, 6) is 1.27. The number of anilines is 1. The van der Waals surface area contributed by atoms with Crippen LogP contribution < -0.4 is 11.5 Å². The summed E-state index contributed by atoms with van der Waals surface area (Å²) in [6, 6.07) is 0. The van der Waals surface area contributed by atoms with Gasteiger partial charge in [0.05, 0.1) is 0 Å². The first-order valence-electron chi connectivity index (χ1n) is 4.05. The third-order valence-corrected chi connectivity index (χ3v) is 2.52. The zero-order valence-electron chi connectivity index (χ0n) is 7.12. The summed E-state index contributed by atoms with van der Waals surface area (Å²) in [5, 5.41) is 4.22. The molecule has 4 N–H and O–H groups in total. The lowest BCUT2D eigenvalue weighted by atomic mass is 10.1. The van der Waals surface area contributed by atoms with E-state index >= 15 is 0 Å². The average Bonchev–Trinajstić information content (AvgIpc) is 2.77. The molecular weight excluding hydrogens is 154 g/mol. The Bertz CT molecular complexity index is 279. The molecule has 1 fully saturated rings. The first kappa shape index (κ1) is 7.54. The molecule has 1 aromatic heterocycles. The number of nitrogen functional groups attached to an aromatic ring is 1. The molecule has 0 saturated heterocycles. The molecule has 12 heavy (non-hydrogen) atoms. The van der Waals surface area contributed by atoms with Gasteiger partial charge in [-0.15, -0.1) is 0 Å². The van der Waals surface area contributed by atoms with Gasteiger partial charge < -0.3 is 11.5 Å². The molecule has 1 aliphatic carbocycles. The molecule has 0 radical (unpaired) electrons. The van der Waals surface area contributed by atoms with E-state index in [4.69, 9.17) is 11.5 Å². The molecule has 1 saturated carbocycles. The highest BCUT2D eigenvalue weighted by molar-refractivity contribution is 5.25. The molecule has 0 unspecified atom stereocenters. The van der Waals surface area contributed by atoms with Crippen molar-refractivity contribution in [2.24, 2.45) is 12.8 Å². The standard InChI is InChI=1S/C7H13N5/c1-12-6(9)10-5(11-12)7(4-8)2-3-7/h2-4,8H2,1H3,(H2,9,10,11). The lowest BCUT2D eigenvalue weighted by Crippen LogP contribution is -2.21. The third kappa shape index (κ3) is 0.896. The number of nitrogens with zero attached hydrogens (tertiary/aromatic N) is 3. The van der Waals surface area contributed by atoms with Crippen molar-refractivity contribution in [1.82, 2.24) is 14.8 Å². The largest absolute Gasteiger partial charge is 0.368 e. The van der Waals surface area contributed by atoms with Crippen molar-refractivity contribution < 1.29 is 0 Å². The molecule has 0 spiro atoms. The van der Waals surface area contributed by atoms with Crippen LogP contribution in [-0.4, -0.2) is 21.3 Å². The number of rotatable bonds is 2. The van der Waals surface area contributed by atoms with E-state index in [2.05, 4.69) is 10.1 Å². The minimum Gasteiger partial charge on any atom is -0.368 e. The summed E-state index contributed by atoms with van der Waals surface area (Å²) in [4.78, 5) is 4.16. The van der Waals surface area contributed by atoms with Gasteiger partial charge >= 0.3 is 0 Å². The molecular formula is C7H13N5. The van der Waals surface area contributed by atoms with Crippen molar-refractivity contribution in [2.75, 3.05) is 12.3 Å². The number of hydrogen-bond acceptors (Lipinski definition) is 4. The Balaban J connectivity index is 2.34. The second kappa shape index (κ2) is 2.20. The summed E-state index contributed by atoms with van der Waals surface area (Å²) in [6.45, 7) is 0.621. The Morgan fingerprint density at radius 2 is 2.25 bits per heavy atom. The Morgan fingerprint density at radius 3 is 2.58 bits per heavy atom. The van der Waals surface area contributed by atoms with E-state index in [1.807, 2.05) is 0 Å². The fourth-order valence-corrected chi connectivity index (χ4v) is 1.29. The summed E-state index contributed by atoms with van der Waals surface area (Å²) >= 11 is 0. The first-order chi connectivity index (χ1) is 5.68. The van der Waals surface area contributed by atoms with Crippen molar-refractivity contribution in [1.29, 1.82) is 0 Å².